The van der Waals surface area contributed by atoms with Crippen LogP contribution in [0.3, 0.4) is 0 Å². The molecule has 0 fully saturated rings. The van der Waals surface area contributed by atoms with Gasteiger partial charge in [0.2, 0.25) is 0 Å². The van der Waals surface area contributed by atoms with Crippen molar-refractivity contribution in [3.63, 3.8) is 0 Å². The van der Waals surface area contributed by atoms with E-state index in [1.54, 1.807) is 6.20 Å². The summed E-state index contributed by atoms with van der Waals surface area (Å²) in [6, 6.07) is 3.42. The van der Waals surface area contributed by atoms with Crippen molar-refractivity contribution in [1.82, 2.24) is 4.98 Å². The molecule has 1 heterocycles. The quantitative estimate of drug-likeness (QED) is 0.868. The number of hydrogen-bond donors (Lipinski definition) is 1. The molecule has 1 aromatic heterocycles. The summed E-state index contributed by atoms with van der Waals surface area (Å²) in [6.07, 6.45) is 1.69. The molecule has 0 amide bonds. The first-order chi connectivity index (χ1) is 8.99. The Morgan fingerprint density at radius 3 is 2.74 bits per heavy atom. The van der Waals surface area contributed by atoms with Crippen molar-refractivity contribution in [3.8, 4) is 0 Å². The van der Waals surface area contributed by atoms with Crippen LogP contribution in [0.1, 0.15) is 16.8 Å². The van der Waals surface area contributed by atoms with Crippen LogP contribution in [0, 0.1) is 25.5 Å². The first kappa shape index (κ1) is 13.8. The lowest BCUT2D eigenvalue weighted by molar-refractivity contribution is 0.577. The Morgan fingerprint density at radius 2 is 2.00 bits per heavy atom. The first-order valence-corrected chi connectivity index (χ1v) is 6.76. The second kappa shape index (κ2) is 5.57. The third kappa shape index (κ3) is 3.04. The number of nitrogen functional groups attached to an aromatic ring is 1. The molecule has 0 spiro atoms. The second-order valence-corrected chi connectivity index (χ2v) is 5.31. The number of nitrogens with two attached hydrogens (primary N) is 1. The van der Waals surface area contributed by atoms with E-state index in [2.05, 4.69) is 4.98 Å². The summed E-state index contributed by atoms with van der Waals surface area (Å²) >= 11 is 1.21. The fraction of sp³-hybridized carbons (Fsp3) is 0.214. The van der Waals surface area contributed by atoms with E-state index in [0.717, 1.165) is 29.0 Å². The topological polar surface area (TPSA) is 38.9 Å². The lowest BCUT2D eigenvalue weighted by Gasteiger charge is -2.10. The lowest BCUT2D eigenvalue weighted by atomic mass is 10.1. The van der Waals surface area contributed by atoms with Crippen LogP contribution in [0.15, 0.2) is 29.3 Å². The molecule has 5 heteroatoms. The van der Waals surface area contributed by atoms with Crippen molar-refractivity contribution in [2.45, 2.75) is 24.5 Å². The van der Waals surface area contributed by atoms with Crippen molar-refractivity contribution in [3.05, 3.63) is 52.9 Å². The second-order valence-electron chi connectivity index (χ2n) is 4.29. The third-order valence-corrected chi connectivity index (χ3v) is 3.98. The van der Waals surface area contributed by atoms with E-state index in [1.165, 1.54) is 17.8 Å². The van der Waals surface area contributed by atoms with Gasteiger partial charge in [-0.1, -0.05) is 0 Å². The highest BCUT2D eigenvalue weighted by molar-refractivity contribution is 7.98. The van der Waals surface area contributed by atoms with Gasteiger partial charge in [0.1, 0.15) is 11.6 Å². The maximum Gasteiger partial charge on any atom is 0.136 e. The Labute approximate surface area is 115 Å². The highest BCUT2D eigenvalue weighted by Crippen LogP contribution is 2.28. The van der Waals surface area contributed by atoms with Crippen molar-refractivity contribution in [2.24, 2.45) is 0 Å². The fourth-order valence-corrected chi connectivity index (χ4v) is 2.66. The van der Waals surface area contributed by atoms with E-state index >= 15 is 0 Å². The zero-order valence-electron chi connectivity index (χ0n) is 10.7. The molecule has 0 aliphatic heterocycles. The largest absolute Gasteiger partial charge is 0.398 e. The summed E-state index contributed by atoms with van der Waals surface area (Å²) < 4.78 is 26.5. The van der Waals surface area contributed by atoms with Crippen LogP contribution in [-0.2, 0) is 5.75 Å². The summed E-state index contributed by atoms with van der Waals surface area (Å²) in [5.41, 5.74) is 9.22. The van der Waals surface area contributed by atoms with Gasteiger partial charge in [0.15, 0.2) is 0 Å². The van der Waals surface area contributed by atoms with Crippen molar-refractivity contribution < 1.29 is 8.78 Å². The summed E-state index contributed by atoms with van der Waals surface area (Å²) in [7, 11) is 0. The maximum absolute atomic E-state index is 13.5. The van der Waals surface area contributed by atoms with Crippen LogP contribution in [0.4, 0.5) is 14.5 Å². The number of nitrogens with zero attached hydrogens (tertiary/aromatic N) is 1. The predicted molar refractivity (Wildman–Crippen MR) is 74.0 cm³/mol. The highest BCUT2D eigenvalue weighted by Gasteiger charge is 2.09. The number of hydrogen-bond acceptors (Lipinski definition) is 3. The molecule has 2 rings (SSSR count). The molecule has 0 bridgehead atoms. The number of benzene rings is 1. The van der Waals surface area contributed by atoms with Crippen LogP contribution >= 0.6 is 11.8 Å². The Morgan fingerprint density at radius 1 is 1.26 bits per heavy atom. The van der Waals surface area contributed by atoms with Gasteiger partial charge in [-0.05, 0) is 43.2 Å². The van der Waals surface area contributed by atoms with E-state index in [4.69, 9.17) is 5.73 Å². The Bertz CT molecular complexity index is 615. The van der Waals surface area contributed by atoms with Crippen molar-refractivity contribution in [2.75, 3.05) is 5.73 Å². The standard InChI is InChI=1S/C14H14F2N2S/c1-8-6-18-12(9(2)14(8)17)7-19-13-5-10(15)3-4-11(13)16/h3-6H,7H2,1-2H3,(H2,17,18). The number of rotatable bonds is 3. The molecule has 19 heavy (non-hydrogen) atoms. The van der Waals surface area contributed by atoms with Crippen LogP contribution < -0.4 is 5.73 Å². The van der Waals surface area contributed by atoms with Gasteiger partial charge < -0.3 is 5.73 Å². The molecule has 0 radical (unpaired) electrons. The van der Waals surface area contributed by atoms with Gasteiger partial charge >= 0.3 is 0 Å². The van der Waals surface area contributed by atoms with Gasteiger partial charge in [0, 0.05) is 22.5 Å². The minimum atomic E-state index is -0.447. The van der Waals surface area contributed by atoms with Gasteiger partial charge in [0.05, 0.1) is 5.69 Å². The molecule has 0 saturated carbocycles. The molecule has 0 atom stereocenters. The van der Waals surface area contributed by atoms with Gasteiger partial charge in [-0.3, -0.25) is 4.98 Å². The average Bonchev–Trinajstić information content (AvgIpc) is 2.39. The van der Waals surface area contributed by atoms with E-state index in [1.807, 2.05) is 13.8 Å². The number of halogens is 2. The average molecular weight is 280 g/mol. The van der Waals surface area contributed by atoms with Crippen molar-refractivity contribution in [1.29, 1.82) is 0 Å². The predicted octanol–water partition coefficient (Wildman–Crippen LogP) is 3.85. The van der Waals surface area contributed by atoms with Crippen molar-refractivity contribution >= 4 is 17.4 Å². The van der Waals surface area contributed by atoms with Gasteiger partial charge in [-0.15, -0.1) is 11.8 Å². The molecule has 2 aromatic rings. The summed E-state index contributed by atoms with van der Waals surface area (Å²) in [5.74, 6) is -0.419. The number of aryl methyl sites for hydroxylation is 1. The molecule has 100 valence electrons. The minimum Gasteiger partial charge on any atom is -0.398 e. The number of aromatic nitrogens is 1. The van der Waals surface area contributed by atoms with E-state index in [-0.39, 0.29) is 4.90 Å². The zero-order valence-corrected chi connectivity index (χ0v) is 11.5. The Hall–Kier alpha value is -1.62. The van der Waals surface area contributed by atoms with Crippen LogP contribution in [-0.4, -0.2) is 4.98 Å². The Balaban J connectivity index is 2.19. The minimum absolute atomic E-state index is 0.278. The zero-order chi connectivity index (χ0) is 14.0. The molecule has 0 aliphatic rings. The maximum atomic E-state index is 13.5. The van der Waals surface area contributed by atoms with E-state index in [9.17, 15) is 8.78 Å². The third-order valence-electron chi connectivity index (χ3n) is 2.93. The smallest absolute Gasteiger partial charge is 0.136 e. The van der Waals surface area contributed by atoms with Crippen LogP contribution in [0.2, 0.25) is 0 Å². The lowest BCUT2D eigenvalue weighted by Crippen LogP contribution is -2.00. The normalized spacial score (nSPS) is 10.7. The van der Waals surface area contributed by atoms with E-state index in [0.29, 0.717) is 11.4 Å². The van der Waals surface area contributed by atoms with Gasteiger partial charge in [0.25, 0.3) is 0 Å². The van der Waals surface area contributed by atoms with Gasteiger partial charge in [-0.2, -0.15) is 0 Å². The van der Waals surface area contributed by atoms with E-state index < -0.39 is 11.6 Å². The Kier molecular flexibility index (Phi) is 4.04. The summed E-state index contributed by atoms with van der Waals surface area (Å²) in [5, 5.41) is 0. The monoisotopic (exact) mass is 280 g/mol. The molecular weight excluding hydrogens is 266 g/mol. The molecule has 1 aromatic carbocycles. The van der Waals surface area contributed by atoms with Crippen LogP contribution in [0.5, 0.6) is 0 Å². The van der Waals surface area contributed by atoms with Crippen LogP contribution in [0.25, 0.3) is 0 Å². The molecule has 0 aliphatic carbocycles. The molecule has 0 unspecified atom stereocenters. The molecule has 2 nitrogen and oxygen atoms in total. The molecular formula is C14H14F2N2S. The highest BCUT2D eigenvalue weighted by atomic mass is 32.2. The number of thioether (sulfide) groups is 1. The first-order valence-electron chi connectivity index (χ1n) is 5.77. The fourth-order valence-electron chi connectivity index (χ4n) is 1.67. The summed E-state index contributed by atoms with van der Waals surface area (Å²) in [6.45, 7) is 3.77. The SMILES string of the molecule is Cc1cnc(CSc2cc(F)ccc2F)c(C)c1N. The molecule has 0 saturated heterocycles. The number of pyridine rings is 1. The van der Waals surface area contributed by atoms with Gasteiger partial charge in [-0.25, -0.2) is 8.78 Å². The molecule has 2 N–H and O–H groups in total. The summed E-state index contributed by atoms with van der Waals surface area (Å²) in [4.78, 5) is 4.57. The number of anilines is 1.